The number of nitrogens with zero attached hydrogens (tertiary/aromatic N) is 3. The standard InChI is InChI=1S/C28H29N5O4S/c34-28-26(23-17-22(10-11-24(23)32-28)38(35,36)30-18-19-4-5-19)27(25-3-1-2-12-29-25)31-20-6-8-21(9-7-20)33-13-15-37-16-14-33/h1-3,6-12,17,19,26,30H,4-5,13-16,18H2,(H,32,34). The van der Waals surface area contributed by atoms with Crippen LogP contribution in [0, 0.1) is 5.92 Å². The third-order valence-electron chi connectivity index (χ3n) is 7.10. The number of fused-ring (bicyclic) bond motifs is 1. The first kappa shape index (κ1) is 24.7. The molecule has 196 valence electrons. The number of nitrogens with one attached hydrogen (secondary N) is 2. The first-order valence-corrected chi connectivity index (χ1v) is 14.3. The number of rotatable bonds is 8. The molecule has 1 amide bonds. The van der Waals surface area contributed by atoms with Crippen molar-refractivity contribution in [2.75, 3.05) is 43.1 Å². The summed E-state index contributed by atoms with van der Waals surface area (Å²) in [6.07, 6.45) is 3.75. The largest absolute Gasteiger partial charge is 0.378 e. The molecule has 1 saturated heterocycles. The zero-order valence-corrected chi connectivity index (χ0v) is 21.7. The van der Waals surface area contributed by atoms with E-state index in [2.05, 4.69) is 19.9 Å². The molecule has 0 radical (unpaired) electrons. The van der Waals surface area contributed by atoms with E-state index in [-0.39, 0.29) is 10.8 Å². The monoisotopic (exact) mass is 531 g/mol. The lowest BCUT2D eigenvalue weighted by Gasteiger charge is -2.28. The second-order valence-corrected chi connectivity index (χ2v) is 11.6. The van der Waals surface area contributed by atoms with Gasteiger partial charge in [0.2, 0.25) is 15.9 Å². The average Bonchev–Trinajstić information content (AvgIpc) is 3.73. The summed E-state index contributed by atoms with van der Waals surface area (Å²) in [5.41, 5.74) is 3.92. The summed E-state index contributed by atoms with van der Waals surface area (Å²) in [5.74, 6) is -0.667. The molecule has 0 bridgehead atoms. The van der Waals surface area contributed by atoms with Gasteiger partial charge in [0.05, 0.1) is 35.2 Å². The van der Waals surface area contributed by atoms with E-state index >= 15 is 0 Å². The Morgan fingerprint density at radius 1 is 1.08 bits per heavy atom. The topological polar surface area (TPSA) is 113 Å². The lowest BCUT2D eigenvalue weighted by Crippen LogP contribution is -2.36. The minimum atomic E-state index is -3.70. The molecule has 6 rings (SSSR count). The molecule has 2 aliphatic heterocycles. The highest BCUT2D eigenvalue weighted by molar-refractivity contribution is 7.89. The number of morpholine rings is 1. The van der Waals surface area contributed by atoms with Crippen molar-refractivity contribution in [3.8, 4) is 0 Å². The van der Waals surface area contributed by atoms with Gasteiger partial charge in [0, 0.05) is 37.2 Å². The van der Waals surface area contributed by atoms with Gasteiger partial charge in [0.25, 0.3) is 0 Å². The van der Waals surface area contributed by atoms with Gasteiger partial charge >= 0.3 is 0 Å². The summed E-state index contributed by atoms with van der Waals surface area (Å²) in [6.45, 7) is 3.51. The van der Waals surface area contributed by atoms with Crippen LogP contribution in [0.3, 0.4) is 0 Å². The minimum absolute atomic E-state index is 0.133. The van der Waals surface area contributed by atoms with Crippen molar-refractivity contribution in [2.24, 2.45) is 10.9 Å². The summed E-state index contributed by atoms with van der Waals surface area (Å²) in [4.78, 5) is 25.0. The highest BCUT2D eigenvalue weighted by Crippen LogP contribution is 2.38. The average molecular weight is 532 g/mol. The molecule has 38 heavy (non-hydrogen) atoms. The van der Waals surface area contributed by atoms with Crippen LogP contribution in [-0.4, -0.2) is 57.9 Å². The van der Waals surface area contributed by atoms with E-state index < -0.39 is 15.9 Å². The van der Waals surface area contributed by atoms with Gasteiger partial charge in [-0.15, -0.1) is 0 Å². The van der Waals surface area contributed by atoms with Gasteiger partial charge in [-0.25, -0.2) is 18.1 Å². The van der Waals surface area contributed by atoms with Crippen LogP contribution in [0.5, 0.6) is 0 Å². The number of hydrogen-bond donors (Lipinski definition) is 2. The molecule has 1 unspecified atom stereocenters. The lowest BCUT2D eigenvalue weighted by atomic mass is 9.93. The van der Waals surface area contributed by atoms with Gasteiger partial charge in [0.1, 0.15) is 5.92 Å². The van der Waals surface area contributed by atoms with Crippen molar-refractivity contribution in [3.63, 3.8) is 0 Å². The van der Waals surface area contributed by atoms with Crippen molar-refractivity contribution >= 4 is 38.7 Å². The summed E-state index contributed by atoms with van der Waals surface area (Å²) in [5, 5.41) is 2.89. The van der Waals surface area contributed by atoms with Gasteiger partial charge in [-0.2, -0.15) is 0 Å². The molecule has 10 heteroatoms. The number of benzene rings is 2. The Balaban J connectivity index is 1.36. The van der Waals surface area contributed by atoms with Crippen LogP contribution in [0.15, 0.2) is 76.7 Å². The number of ether oxygens (including phenoxy) is 1. The smallest absolute Gasteiger partial charge is 0.240 e. The quantitative estimate of drug-likeness (QED) is 0.431. The summed E-state index contributed by atoms with van der Waals surface area (Å²) in [7, 11) is -3.70. The molecule has 2 aromatic carbocycles. The maximum atomic E-state index is 13.3. The lowest BCUT2D eigenvalue weighted by molar-refractivity contribution is -0.115. The van der Waals surface area contributed by atoms with Crippen LogP contribution >= 0.6 is 0 Å². The molecule has 9 nitrogen and oxygen atoms in total. The van der Waals surface area contributed by atoms with Gasteiger partial charge in [-0.05, 0) is 78.9 Å². The fourth-order valence-electron chi connectivity index (χ4n) is 4.79. The zero-order chi connectivity index (χ0) is 26.1. The normalized spacial score (nSPS) is 19.8. The molecule has 3 aliphatic rings. The second kappa shape index (κ2) is 10.3. The Hall–Kier alpha value is -3.60. The van der Waals surface area contributed by atoms with Crippen molar-refractivity contribution < 1.29 is 17.9 Å². The van der Waals surface area contributed by atoms with E-state index in [1.807, 2.05) is 36.4 Å². The number of hydrogen-bond acceptors (Lipinski definition) is 7. The Morgan fingerprint density at radius 2 is 1.87 bits per heavy atom. The second-order valence-electron chi connectivity index (χ2n) is 9.79. The predicted octanol–water partition coefficient (Wildman–Crippen LogP) is 3.46. The third kappa shape index (κ3) is 5.20. The fourth-order valence-corrected chi connectivity index (χ4v) is 5.94. The number of carbonyl (C=O) groups is 1. The SMILES string of the molecule is O=C1Nc2ccc(S(=O)(=O)NCC3CC3)cc2C1C(=Nc1ccc(N2CCOCC2)cc1)c1ccccn1. The van der Waals surface area contributed by atoms with Crippen LogP contribution in [-0.2, 0) is 19.6 Å². The number of sulfonamides is 1. The van der Waals surface area contributed by atoms with Gasteiger partial charge < -0.3 is 15.0 Å². The molecule has 2 N–H and O–H groups in total. The van der Waals surface area contributed by atoms with Gasteiger partial charge in [0.15, 0.2) is 0 Å². The van der Waals surface area contributed by atoms with Crippen molar-refractivity contribution in [3.05, 3.63) is 78.1 Å². The Bertz CT molecular complexity index is 1460. The summed E-state index contributed by atoms with van der Waals surface area (Å²) < 4.78 is 34.1. The van der Waals surface area contributed by atoms with Crippen LogP contribution in [0.1, 0.15) is 30.0 Å². The van der Waals surface area contributed by atoms with Crippen LogP contribution in [0.25, 0.3) is 0 Å². The fraction of sp³-hybridized carbons (Fsp3) is 0.321. The van der Waals surface area contributed by atoms with Crippen molar-refractivity contribution in [2.45, 2.75) is 23.7 Å². The molecule has 1 saturated carbocycles. The Morgan fingerprint density at radius 3 is 2.58 bits per heavy atom. The Labute approximate surface area is 222 Å². The highest BCUT2D eigenvalue weighted by Gasteiger charge is 2.37. The number of aliphatic imine (C=N–C) groups is 1. The molecule has 1 aliphatic carbocycles. The van der Waals surface area contributed by atoms with Gasteiger partial charge in [-0.3, -0.25) is 9.78 Å². The number of aromatic nitrogens is 1. The zero-order valence-electron chi connectivity index (χ0n) is 20.8. The van der Waals surface area contributed by atoms with Gasteiger partial charge in [-0.1, -0.05) is 6.07 Å². The highest BCUT2D eigenvalue weighted by atomic mass is 32.2. The number of pyridine rings is 1. The molecular weight excluding hydrogens is 502 g/mol. The predicted molar refractivity (Wildman–Crippen MR) is 146 cm³/mol. The number of carbonyl (C=O) groups excluding carboxylic acids is 1. The maximum Gasteiger partial charge on any atom is 0.240 e. The first-order chi connectivity index (χ1) is 18.5. The van der Waals surface area contributed by atoms with E-state index in [1.54, 1.807) is 24.4 Å². The maximum absolute atomic E-state index is 13.3. The van der Waals surface area contributed by atoms with Crippen LogP contribution in [0.4, 0.5) is 17.1 Å². The minimum Gasteiger partial charge on any atom is -0.378 e. The van der Waals surface area contributed by atoms with E-state index in [0.29, 0.717) is 54.0 Å². The molecule has 1 aromatic heterocycles. The molecule has 3 aromatic rings. The van der Waals surface area contributed by atoms with E-state index in [0.717, 1.165) is 31.6 Å². The Kier molecular flexibility index (Phi) is 6.69. The van der Waals surface area contributed by atoms with Crippen LogP contribution < -0.4 is 14.9 Å². The first-order valence-electron chi connectivity index (χ1n) is 12.9. The van der Waals surface area contributed by atoms with Crippen molar-refractivity contribution in [1.82, 2.24) is 9.71 Å². The van der Waals surface area contributed by atoms with E-state index in [9.17, 15) is 13.2 Å². The molecule has 2 fully saturated rings. The number of amides is 1. The molecule has 0 spiro atoms. The summed E-state index contributed by atoms with van der Waals surface area (Å²) >= 11 is 0. The number of anilines is 2. The van der Waals surface area contributed by atoms with E-state index in [4.69, 9.17) is 9.73 Å². The summed E-state index contributed by atoms with van der Waals surface area (Å²) in [6, 6.07) is 18.1. The van der Waals surface area contributed by atoms with Crippen LogP contribution in [0.2, 0.25) is 0 Å². The van der Waals surface area contributed by atoms with E-state index in [1.165, 1.54) is 6.07 Å². The third-order valence-corrected chi connectivity index (χ3v) is 8.52. The molecule has 1 atom stereocenters. The van der Waals surface area contributed by atoms with Crippen molar-refractivity contribution in [1.29, 1.82) is 0 Å². The molecule has 3 heterocycles. The molecular formula is C28H29N5O4S.